The Bertz CT molecular complexity index is 123. The third kappa shape index (κ3) is 1.60. The first kappa shape index (κ1) is 7.81. The summed E-state index contributed by atoms with van der Waals surface area (Å²) in [6, 6.07) is 0. The van der Waals surface area contributed by atoms with Gasteiger partial charge in [-0.2, -0.15) is 13.2 Å². The van der Waals surface area contributed by atoms with E-state index in [0.717, 1.165) is 0 Å². The number of ether oxygens (including phenoxy) is 2. The lowest BCUT2D eigenvalue weighted by atomic mass is 10.4. The normalized spacial score (nSPS) is 34.8. The van der Waals surface area contributed by atoms with Gasteiger partial charge >= 0.3 is 6.18 Å². The van der Waals surface area contributed by atoms with Gasteiger partial charge in [0.1, 0.15) is 0 Å². The van der Waals surface area contributed by atoms with Gasteiger partial charge in [-0.1, -0.05) is 0 Å². The minimum atomic E-state index is -4.29. The first-order valence-electron chi connectivity index (χ1n) is 2.84. The molecule has 0 aromatic heterocycles. The Kier molecular flexibility index (Phi) is 1.87. The Balaban J connectivity index is 2.45. The summed E-state index contributed by atoms with van der Waals surface area (Å²) in [6.45, 7) is 1.05. The summed E-state index contributed by atoms with van der Waals surface area (Å²) in [4.78, 5) is 0. The van der Waals surface area contributed by atoms with Gasteiger partial charge in [0.25, 0.3) is 0 Å². The summed E-state index contributed by atoms with van der Waals surface area (Å²) in [6.07, 6.45) is -6.75. The second-order valence-corrected chi connectivity index (χ2v) is 2.07. The molecular weight excluding hydrogens is 149 g/mol. The monoisotopic (exact) mass is 156 g/mol. The van der Waals surface area contributed by atoms with Gasteiger partial charge in [0.2, 0.25) is 0 Å². The predicted molar refractivity (Wildman–Crippen MR) is 26.3 cm³/mol. The number of alkyl halides is 3. The van der Waals surface area contributed by atoms with Crippen molar-refractivity contribution in [3.63, 3.8) is 0 Å². The van der Waals surface area contributed by atoms with Crippen LogP contribution in [0.25, 0.3) is 0 Å². The molecule has 1 aliphatic rings. The van der Waals surface area contributed by atoms with Gasteiger partial charge in [-0.15, -0.1) is 0 Å². The van der Waals surface area contributed by atoms with E-state index < -0.39 is 18.6 Å². The highest BCUT2D eigenvalue weighted by molar-refractivity contribution is 4.71. The molecule has 0 N–H and O–H groups in total. The molecule has 5 heteroatoms. The maximum Gasteiger partial charge on any atom is 0.417 e. The van der Waals surface area contributed by atoms with E-state index in [1.165, 1.54) is 6.92 Å². The second-order valence-electron chi connectivity index (χ2n) is 2.07. The average Bonchev–Trinajstić information content (AvgIpc) is 2.11. The summed E-state index contributed by atoms with van der Waals surface area (Å²) in [5, 5.41) is 0. The zero-order valence-electron chi connectivity index (χ0n) is 5.31. The molecule has 0 bridgehead atoms. The van der Waals surface area contributed by atoms with Crippen LogP contribution >= 0.6 is 0 Å². The van der Waals surface area contributed by atoms with Gasteiger partial charge in [0.05, 0.1) is 6.61 Å². The first-order chi connectivity index (χ1) is 4.50. The molecule has 1 aliphatic heterocycles. The number of halogens is 3. The lowest BCUT2D eigenvalue weighted by molar-refractivity contribution is -0.212. The standard InChI is InChI=1S/C5H7F3O2/c1-3-9-2-4(10-3)5(6,7)8/h3-4H,2H2,1H3/t3-,4+/m0/s1. The van der Waals surface area contributed by atoms with Crippen LogP contribution in [0.2, 0.25) is 0 Å². The molecular formula is C5H7F3O2. The van der Waals surface area contributed by atoms with Crippen molar-refractivity contribution in [2.45, 2.75) is 25.5 Å². The van der Waals surface area contributed by atoms with Crippen molar-refractivity contribution in [2.75, 3.05) is 6.61 Å². The molecule has 0 aromatic carbocycles. The van der Waals surface area contributed by atoms with Crippen LogP contribution in [0.5, 0.6) is 0 Å². The predicted octanol–water partition coefficient (Wildman–Crippen LogP) is 1.31. The van der Waals surface area contributed by atoms with Crippen LogP contribution < -0.4 is 0 Å². The van der Waals surface area contributed by atoms with Crippen molar-refractivity contribution in [2.24, 2.45) is 0 Å². The Hall–Kier alpha value is -0.290. The quantitative estimate of drug-likeness (QED) is 0.526. The summed E-state index contributed by atoms with van der Waals surface area (Å²) in [5.41, 5.74) is 0. The van der Waals surface area contributed by atoms with Crippen molar-refractivity contribution >= 4 is 0 Å². The molecule has 2 atom stereocenters. The van der Waals surface area contributed by atoms with Crippen molar-refractivity contribution < 1.29 is 22.6 Å². The molecule has 2 nitrogen and oxygen atoms in total. The van der Waals surface area contributed by atoms with E-state index in [1.807, 2.05) is 0 Å². The van der Waals surface area contributed by atoms with E-state index in [9.17, 15) is 13.2 Å². The van der Waals surface area contributed by atoms with Gasteiger partial charge in [-0.05, 0) is 6.92 Å². The summed E-state index contributed by atoms with van der Waals surface area (Å²) < 4.78 is 44.1. The fourth-order valence-electron chi connectivity index (χ4n) is 0.704. The molecule has 0 aromatic rings. The average molecular weight is 156 g/mol. The fourth-order valence-corrected chi connectivity index (χ4v) is 0.704. The van der Waals surface area contributed by atoms with Crippen LogP contribution in [0, 0.1) is 0 Å². The lowest BCUT2D eigenvalue weighted by Crippen LogP contribution is -2.30. The van der Waals surface area contributed by atoms with Crippen LogP contribution in [-0.4, -0.2) is 25.2 Å². The van der Waals surface area contributed by atoms with E-state index in [0.29, 0.717) is 0 Å². The van der Waals surface area contributed by atoms with Crippen LogP contribution in [0.3, 0.4) is 0 Å². The highest BCUT2D eigenvalue weighted by atomic mass is 19.4. The van der Waals surface area contributed by atoms with Crippen molar-refractivity contribution in [3.8, 4) is 0 Å². The van der Waals surface area contributed by atoms with Crippen molar-refractivity contribution in [3.05, 3.63) is 0 Å². The van der Waals surface area contributed by atoms with E-state index in [4.69, 9.17) is 0 Å². The minimum absolute atomic E-state index is 0.384. The molecule has 0 unspecified atom stereocenters. The SMILES string of the molecule is C[C@H]1OC[C@H](C(F)(F)F)O1. The minimum Gasteiger partial charge on any atom is -0.350 e. The number of hydrogen-bond donors (Lipinski definition) is 0. The van der Waals surface area contributed by atoms with Crippen LogP contribution in [0.4, 0.5) is 13.2 Å². The summed E-state index contributed by atoms with van der Waals surface area (Å²) in [5.74, 6) is 0. The van der Waals surface area contributed by atoms with Gasteiger partial charge in [0.15, 0.2) is 12.4 Å². The smallest absolute Gasteiger partial charge is 0.350 e. The van der Waals surface area contributed by atoms with Crippen molar-refractivity contribution in [1.82, 2.24) is 0 Å². The lowest BCUT2D eigenvalue weighted by Gasteiger charge is -2.11. The number of hydrogen-bond acceptors (Lipinski definition) is 2. The van der Waals surface area contributed by atoms with Crippen LogP contribution in [0.1, 0.15) is 6.92 Å². The summed E-state index contributed by atoms with van der Waals surface area (Å²) >= 11 is 0. The maximum atomic E-state index is 11.7. The third-order valence-electron chi connectivity index (χ3n) is 1.20. The second kappa shape index (κ2) is 2.39. The molecule has 10 heavy (non-hydrogen) atoms. The molecule has 60 valence electrons. The van der Waals surface area contributed by atoms with Gasteiger partial charge in [-0.25, -0.2) is 0 Å². The first-order valence-corrected chi connectivity index (χ1v) is 2.84. The molecule has 0 spiro atoms. The summed E-state index contributed by atoms with van der Waals surface area (Å²) in [7, 11) is 0. The molecule has 0 radical (unpaired) electrons. The molecule has 0 saturated carbocycles. The van der Waals surface area contributed by atoms with E-state index >= 15 is 0 Å². The van der Waals surface area contributed by atoms with E-state index in [2.05, 4.69) is 9.47 Å². The molecule has 0 amide bonds. The maximum absolute atomic E-state index is 11.7. The van der Waals surface area contributed by atoms with Crippen LogP contribution in [0.15, 0.2) is 0 Å². The topological polar surface area (TPSA) is 18.5 Å². The Morgan fingerprint density at radius 2 is 2.00 bits per heavy atom. The van der Waals surface area contributed by atoms with Gasteiger partial charge in [0, 0.05) is 0 Å². The molecule has 1 fully saturated rings. The van der Waals surface area contributed by atoms with Crippen molar-refractivity contribution in [1.29, 1.82) is 0 Å². The Morgan fingerprint density at radius 3 is 2.20 bits per heavy atom. The zero-order chi connectivity index (χ0) is 7.78. The van der Waals surface area contributed by atoms with Crippen LogP contribution in [-0.2, 0) is 9.47 Å². The van der Waals surface area contributed by atoms with Gasteiger partial charge in [-0.3, -0.25) is 0 Å². The zero-order valence-corrected chi connectivity index (χ0v) is 5.31. The fraction of sp³-hybridized carbons (Fsp3) is 1.00. The molecule has 0 aliphatic carbocycles. The third-order valence-corrected chi connectivity index (χ3v) is 1.20. The highest BCUT2D eigenvalue weighted by Gasteiger charge is 2.45. The van der Waals surface area contributed by atoms with E-state index in [1.54, 1.807) is 0 Å². The molecule has 1 rings (SSSR count). The Labute approximate surface area is 55.9 Å². The molecule has 1 heterocycles. The molecule has 1 saturated heterocycles. The van der Waals surface area contributed by atoms with E-state index in [-0.39, 0.29) is 6.61 Å². The van der Waals surface area contributed by atoms with Gasteiger partial charge < -0.3 is 9.47 Å². The Morgan fingerprint density at radius 1 is 1.40 bits per heavy atom. The number of rotatable bonds is 0. The largest absolute Gasteiger partial charge is 0.417 e. The highest BCUT2D eigenvalue weighted by Crippen LogP contribution is 2.27.